The van der Waals surface area contributed by atoms with Crippen molar-refractivity contribution in [2.24, 2.45) is 16.6 Å². The Morgan fingerprint density at radius 1 is 1.35 bits per heavy atom. The first-order chi connectivity index (χ1) is 9.76. The van der Waals surface area contributed by atoms with Crippen LogP contribution in [-0.2, 0) is 0 Å². The number of allylic oxidation sites excluding steroid dienone is 1. The summed E-state index contributed by atoms with van der Waals surface area (Å²) >= 11 is 0. The third kappa shape index (κ3) is 2.59. The average Bonchev–Trinajstić information content (AvgIpc) is 2.94. The van der Waals surface area contributed by atoms with E-state index in [4.69, 9.17) is 10.5 Å². The van der Waals surface area contributed by atoms with Crippen LogP contribution in [0, 0.1) is 5.92 Å². The Morgan fingerprint density at radius 3 is 2.80 bits per heavy atom. The second kappa shape index (κ2) is 5.48. The molecule has 0 aromatic carbocycles. The molecule has 1 aromatic heterocycles. The van der Waals surface area contributed by atoms with Gasteiger partial charge in [0.15, 0.2) is 0 Å². The minimum absolute atomic E-state index is 0.512. The molecule has 2 N–H and O–H groups in total. The Labute approximate surface area is 118 Å². The van der Waals surface area contributed by atoms with Crippen LogP contribution in [0.25, 0.3) is 0 Å². The second-order valence-corrected chi connectivity index (χ2v) is 5.12. The number of aromatic nitrogens is 2. The molecule has 0 aliphatic carbocycles. The van der Waals surface area contributed by atoms with Gasteiger partial charge in [0.2, 0.25) is 11.8 Å². The lowest BCUT2D eigenvalue weighted by atomic mass is 9.92. The highest BCUT2D eigenvalue weighted by molar-refractivity contribution is 5.99. The molecule has 106 valence electrons. The number of hydrogen-bond acceptors (Lipinski definition) is 6. The Balaban J connectivity index is 1.63. The number of nitrogens with zero attached hydrogens (tertiary/aromatic N) is 4. The molecule has 6 heteroatoms. The maximum absolute atomic E-state index is 5.78. The highest BCUT2D eigenvalue weighted by Gasteiger charge is 2.25. The molecule has 6 nitrogen and oxygen atoms in total. The largest absolute Gasteiger partial charge is 0.481 e. The molecule has 0 radical (unpaired) electrons. The Hall–Kier alpha value is -2.11. The predicted octanol–water partition coefficient (Wildman–Crippen LogP) is 0.999. The topological polar surface area (TPSA) is 76.6 Å². The van der Waals surface area contributed by atoms with Crippen molar-refractivity contribution in [2.45, 2.75) is 12.8 Å². The molecule has 0 spiro atoms. The van der Waals surface area contributed by atoms with E-state index in [2.05, 4.69) is 19.9 Å². The van der Waals surface area contributed by atoms with Crippen LogP contribution in [0.2, 0.25) is 0 Å². The molecule has 20 heavy (non-hydrogen) atoms. The van der Waals surface area contributed by atoms with E-state index in [9.17, 15) is 0 Å². The van der Waals surface area contributed by atoms with E-state index in [0.29, 0.717) is 18.3 Å². The van der Waals surface area contributed by atoms with Crippen molar-refractivity contribution in [3.05, 3.63) is 24.0 Å². The van der Waals surface area contributed by atoms with Crippen molar-refractivity contribution in [3.63, 3.8) is 0 Å². The van der Waals surface area contributed by atoms with Gasteiger partial charge in [-0.1, -0.05) is 0 Å². The summed E-state index contributed by atoms with van der Waals surface area (Å²) < 4.78 is 5.14. The van der Waals surface area contributed by atoms with E-state index >= 15 is 0 Å². The molecule has 0 atom stereocenters. The normalized spacial score (nSPS) is 19.8. The molecule has 0 amide bonds. The summed E-state index contributed by atoms with van der Waals surface area (Å²) in [7, 11) is 1.62. The van der Waals surface area contributed by atoms with E-state index in [1.807, 2.05) is 6.08 Å². The zero-order valence-electron chi connectivity index (χ0n) is 11.6. The van der Waals surface area contributed by atoms with Gasteiger partial charge in [-0.25, -0.2) is 4.98 Å². The van der Waals surface area contributed by atoms with Gasteiger partial charge in [0.1, 0.15) is 0 Å². The first-order valence-corrected chi connectivity index (χ1v) is 6.88. The second-order valence-electron chi connectivity index (χ2n) is 5.12. The van der Waals surface area contributed by atoms with Crippen molar-refractivity contribution in [1.29, 1.82) is 0 Å². The fourth-order valence-electron chi connectivity index (χ4n) is 2.68. The highest BCUT2D eigenvalue weighted by atomic mass is 16.5. The summed E-state index contributed by atoms with van der Waals surface area (Å²) in [5, 5.41) is 0. The number of anilines is 1. The predicted molar refractivity (Wildman–Crippen MR) is 78.1 cm³/mol. The molecule has 2 aliphatic heterocycles. The quantitative estimate of drug-likeness (QED) is 0.889. The first kappa shape index (κ1) is 12.9. The Morgan fingerprint density at radius 2 is 2.15 bits per heavy atom. The van der Waals surface area contributed by atoms with E-state index in [1.54, 1.807) is 19.4 Å². The number of hydrogen-bond donors (Lipinski definition) is 1. The van der Waals surface area contributed by atoms with Crippen molar-refractivity contribution in [2.75, 3.05) is 31.6 Å². The lowest BCUT2D eigenvalue weighted by molar-refractivity contribution is 0.395. The summed E-state index contributed by atoms with van der Waals surface area (Å²) in [6, 6.07) is 1.76. The minimum atomic E-state index is 0.512. The van der Waals surface area contributed by atoms with Crippen molar-refractivity contribution in [1.82, 2.24) is 9.97 Å². The number of nitrogens with two attached hydrogens (primary N) is 1. The van der Waals surface area contributed by atoms with Crippen LogP contribution in [0.5, 0.6) is 5.88 Å². The molecular formula is C14H19N5O. The van der Waals surface area contributed by atoms with Crippen molar-refractivity contribution in [3.8, 4) is 5.88 Å². The van der Waals surface area contributed by atoms with Crippen LogP contribution < -0.4 is 15.4 Å². The molecule has 0 saturated carbocycles. The van der Waals surface area contributed by atoms with Crippen LogP contribution in [0.3, 0.4) is 0 Å². The number of piperidine rings is 1. The van der Waals surface area contributed by atoms with Gasteiger partial charge in [0.05, 0.1) is 13.7 Å². The SMILES string of the molecule is COc1ccnc(N2CCC(C3=NCC(N)=C3)CC2)n1. The molecule has 1 fully saturated rings. The summed E-state index contributed by atoms with van der Waals surface area (Å²) in [6.45, 7) is 2.53. The zero-order chi connectivity index (χ0) is 13.9. The monoisotopic (exact) mass is 273 g/mol. The van der Waals surface area contributed by atoms with Gasteiger partial charge in [-0.05, 0) is 18.9 Å². The fraction of sp³-hybridized carbons (Fsp3) is 0.500. The molecular weight excluding hydrogens is 254 g/mol. The van der Waals surface area contributed by atoms with E-state index in [0.717, 1.165) is 43.3 Å². The van der Waals surface area contributed by atoms with Gasteiger partial charge in [-0.15, -0.1) is 0 Å². The van der Waals surface area contributed by atoms with Gasteiger partial charge in [-0.3, -0.25) is 4.99 Å². The summed E-state index contributed by atoms with van der Waals surface area (Å²) in [5.41, 5.74) is 7.82. The van der Waals surface area contributed by atoms with Crippen LogP contribution in [-0.4, -0.2) is 42.4 Å². The summed E-state index contributed by atoms with van der Waals surface area (Å²) in [4.78, 5) is 15.4. The van der Waals surface area contributed by atoms with Gasteiger partial charge < -0.3 is 15.4 Å². The standard InChI is InChI=1S/C14H19N5O/c1-20-13-2-5-16-14(18-13)19-6-3-10(4-7-19)12-8-11(15)9-17-12/h2,5,8,10H,3-4,6-7,9,15H2,1H3. The number of ether oxygens (including phenoxy) is 1. The molecule has 3 heterocycles. The molecule has 0 bridgehead atoms. The first-order valence-electron chi connectivity index (χ1n) is 6.88. The summed E-state index contributed by atoms with van der Waals surface area (Å²) in [6.07, 6.45) is 5.88. The lowest BCUT2D eigenvalue weighted by Gasteiger charge is -2.31. The molecule has 0 unspecified atom stereocenters. The summed E-state index contributed by atoms with van der Waals surface area (Å²) in [5.74, 6) is 1.86. The van der Waals surface area contributed by atoms with Crippen LogP contribution >= 0.6 is 0 Å². The Bertz CT molecular complexity index is 546. The lowest BCUT2D eigenvalue weighted by Crippen LogP contribution is -2.36. The average molecular weight is 273 g/mol. The van der Waals surface area contributed by atoms with Crippen molar-refractivity contribution >= 4 is 11.7 Å². The van der Waals surface area contributed by atoms with Crippen LogP contribution in [0.15, 0.2) is 29.0 Å². The molecule has 1 saturated heterocycles. The third-order valence-corrected chi connectivity index (χ3v) is 3.80. The van der Waals surface area contributed by atoms with Gasteiger partial charge in [0, 0.05) is 42.7 Å². The zero-order valence-corrected chi connectivity index (χ0v) is 11.6. The minimum Gasteiger partial charge on any atom is -0.481 e. The molecule has 3 rings (SSSR count). The van der Waals surface area contributed by atoms with E-state index < -0.39 is 0 Å². The number of aliphatic imine (C=N–C) groups is 1. The van der Waals surface area contributed by atoms with Gasteiger partial charge >= 0.3 is 0 Å². The highest BCUT2D eigenvalue weighted by Crippen LogP contribution is 2.24. The van der Waals surface area contributed by atoms with E-state index in [-0.39, 0.29) is 0 Å². The van der Waals surface area contributed by atoms with Gasteiger partial charge in [0.25, 0.3) is 0 Å². The number of methoxy groups -OCH3 is 1. The third-order valence-electron chi connectivity index (χ3n) is 3.80. The van der Waals surface area contributed by atoms with Gasteiger partial charge in [-0.2, -0.15) is 4.98 Å². The maximum atomic E-state index is 5.78. The van der Waals surface area contributed by atoms with Crippen LogP contribution in [0.1, 0.15) is 12.8 Å². The smallest absolute Gasteiger partial charge is 0.228 e. The van der Waals surface area contributed by atoms with Crippen molar-refractivity contribution < 1.29 is 4.74 Å². The Kier molecular flexibility index (Phi) is 3.54. The van der Waals surface area contributed by atoms with E-state index in [1.165, 1.54) is 0 Å². The molecule has 2 aliphatic rings. The fourth-order valence-corrected chi connectivity index (χ4v) is 2.68. The van der Waals surface area contributed by atoms with Crippen LogP contribution in [0.4, 0.5) is 5.95 Å². The molecule has 1 aromatic rings. The number of rotatable bonds is 3. The maximum Gasteiger partial charge on any atom is 0.228 e.